The van der Waals surface area contributed by atoms with E-state index in [1.807, 2.05) is 0 Å². The molecule has 0 radical (unpaired) electrons. The van der Waals surface area contributed by atoms with Crippen molar-refractivity contribution in [3.8, 4) is 0 Å². The van der Waals surface area contributed by atoms with Crippen LogP contribution in [0.3, 0.4) is 0 Å². The fraction of sp³-hybridized carbons (Fsp3) is 1.00. The molecule has 0 aliphatic heterocycles. The van der Waals surface area contributed by atoms with Crippen LogP contribution in [0.25, 0.3) is 0 Å². The summed E-state index contributed by atoms with van der Waals surface area (Å²) in [5.74, 6) is 0. The summed E-state index contributed by atoms with van der Waals surface area (Å²) in [6, 6.07) is 0. The average molecular weight is 142 g/mol. The molecule has 1 aliphatic rings. The molecule has 1 nitrogen and oxygen atoms in total. The Morgan fingerprint density at radius 2 is 1.80 bits per heavy atom. The molecule has 0 aromatic rings. The zero-order valence-electron chi connectivity index (χ0n) is 7.48. The van der Waals surface area contributed by atoms with Gasteiger partial charge in [0.05, 0.1) is 12.2 Å². The first-order chi connectivity index (χ1) is 4.49. The summed E-state index contributed by atoms with van der Waals surface area (Å²) in [6.45, 7) is 8.80. The van der Waals surface area contributed by atoms with Crippen molar-refractivity contribution in [3.05, 3.63) is 0 Å². The predicted molar refractivity (Wildman–Crippen MR) is 43.0 cm³/mol. The second kappa shape index (κ2) is 2.54. The van der Waals surface area contributed by atoms with Gasteiger partial charge >= 0.3 is 0 Å². The Morgan fingerprint density at radius 1 is 1.30 bits per heavy atom. The minimum atomic E-state index is 0.404. The molecule has 1 rings (SSSR count). The van der Waals surface area contributed by atoms with Crippen LogP contribution in [0, 0.1) is 5.41 Å². The first kappa shape index (κ1) is 8.06. The van der Waals surface area contributed by atoms with E-state index in [9.17, 15) is 0 Å². The van der Waals surface area contributed by atoms with Crippen molar-refractivity contribution in [1.82, 2.24) is 0 Å². The highest BCUT2D eigenvalue weighted by molar-refractivity contribution is 4.87. The van der Waals surface area contributed by atoms with Crippen molar-refractivity contribution in [2.45, 2.75) is 52.7 Å². The summed E-state index contributed by atoms with van der Waals surface area (Å²) in [5.41, 5.74) is 0.555. The predicted octanol–water partition coefficient (Wildman–Crippen LogP) is 2.60. The van der Waals surface area contributed by atoms with E-state index >= 15 is 0 Å². The smallest absolute Gasteiger partial charge is 0.0588 e. The molecule has 0 heterocycles. The largest absolute Gasteiger partial charge is 0.376 e. The van der Waals surface area contributed by atoms with E-state index in [1.54, 1.807) is 0 Å². The highest BCUT2D eigenvalue weighted by Crippen LogP contribution is 2.41. The second-order valence-electron chi connectivity index (χ2n) is 4.38. The second-order valence-corrected chi connectivity index (χ2v) is 4.38. The first-order valence-corrected chi connectivity index (χ1v) is 4.15. The molecule has 60 valence electrons. The molecule has 10 heavy (non-hydrogen) atoms. The van der Waals surface area contributed by atoms with E-state index in [0.717, 1.165) is 0 Å². The van der Waals surface area contributed by atoms with E-state index in [1.165, 1.54) is 12.8 Å². The quantitative estimate of drug-likeness (QED) is 0.576. The molecule has 0 aromatic heterocycles. The molecule has 0 atom stereocenters. The molecule has 1 aliphatic carbocycles. The molecule has 1 fully saturated rings. The van der Waals surface area contributed by atoms with Gasteiger partial charge in [-0.05, 0) is 32.1 Å². The van der Waals surface area contributed by atoms with Crippen molar-refractivity contribution in [2.24, 2.45) is 5.41 Å². The van der Waals surface area contributed by atoms with Crippen LogP contribution in [-0.4, -0.2) is 12.2 Å². The molecular formula is C9H18O. The molecule has 0 bridgehead atoms. The normalized spacial score (nSPS) is 24.9. The Kier molecular flexibility index (Phi) is 2.04. The third kappa shape index (κ3) is 1.98. The highest BCUT2D eigenvalue weighted by Gasteiger charge is 2.36. The maximum Gasteiger partial charge on any atom is 0.0588 e. The van der Waals surface area contributed by atoms with Crippen LogP contribution in [0.1, 0.15) is 40.5 Å². The lowest BCUT2D eigenvalue weighted by molar-refractivity contribution is -0.0908. The lowest BCUT2D eigenvalue weighted by Gasteiger charge is -2.43. The molecule has 0 aromatic carbocycles. The fourth-order valence-electron chi connectivity index (χ4n) is 1.65. The van der Waals surface area contributed by atoms with Gasteiger partial charge in [0, 0.05) is 0 Å². The SMILES string of the molecule is CC(C)OC1CC(C)(C)C1. The summed E-state index contributed by atoms with van der Waals surface area (Å²) in [7, 11) is 0. The summed E-state index contributed by atoms with van der Waals surface area (Å²) >= 11 is 0. The molecule has 0 spiro atoms. The monoisotopic (exact) mass is 142 g/mol. The summed E-state index contributed by atoms with van der Waals surface area (Å²) in [6.07, 6.45) is 3.44. The van der Waals surface area contributed by atoms with E-state index in [4.69, 9.17) is 4.74 Å². The topological polar surface area (TPSA) is 9.23 Å². The average Bonchev–Trinajstić information content (AvgIpc) is 1.57. The molecular weight excluding hydrogens is 124 g/mol. The molecule has 1 heteroatoms. The Morgan fingerprint density at radius 3 is 2.10 bits per heavy atom. The molecule has 0 unspecified atom stereocenters. The van der Waals surface area contributed by atoms with Gasteiger partial charge in [-0.1, -0.05) is 13.8 Å². The highest BCUT2D eigenvalue weighted by atomic mass is 16.5. The van der Waals surface area contributed by atoms with Gasteiger partial charge in [-0.15, -0.1) is 0 Å². The maximum atomic E-state index is 5.62. The van der Waals surface area contributed by atoms with Gasteiger partial charge in [-0.3, -0.25) is 0 Å². The number of rotatable bonds is 2. The molecule has 0 N–H and O–H groups in total. The third-order valence-corrected chi connectivity index (χ3v) is 2.03. The molecule has 1 saturated carbocycles. The van der Waals surface area contributed by atoms with Gasteiger partial charge in [-0.25, -0.2) is 0 Å². The Hall–Kier alpha value is -0.0400. The van der Waals surface area contributed by atoms with Gasteiger partial charge < -0.3 is 4.74 Å². The summed E-state index contributed by atoms with van der Waals surface area (Å²) in [4.78, 5) is 0. The number of ether oxygens (including phenoxy) is 1. The third-order valence-electron chi connectivity index (χ3n) is 2.03. The zero-order valence-corrected chi connectivity index (χ0v) is 7.48. The van der Waals surface area contributed by atoms with Gasteiger partial charge in [0.25, 0.3) is 0 Å². The minimum absolute atomic E-state index is 0.404. The Bertz CT molecular complexity index is 105. The van der Waals surface area contributed by atoms with Gasteiger partial charge in [0.15, 0.2) is 0 Å². The van der Waals surface area contributed by atoms with E-state index in [-0.39, 0.29) is 0 Å². The van der Waals surface area contributed by atoms with Gasteiger partial charge in [0.1, 0.15) is 0 Å². The molecule has 0 amide bonds. The van der Waals surface area contributed by atoms with Crippen molar-refractivity contribution in [2.75, 3.05) is 0 Å². The zero-order chi connectivity index (χ0) is 7.78. The molecule has 0 saturated heterocycles. The van der Waals surface area contributed by atoms with E-state index in [2.05, 4.69) is 27.7 Å². The van der Waals surface area contributed by atoms with Crippen molar-refractivity contribution >= 4 is 0 Å². The van der Waals surface area contributed by atoms with E-state index in [0.29, 0.717) is 17.6 Å². The first-order valence-electron chi connectivity index (χ1n) is 4.15. The lowest BCUT2D eigenvalue weighted by Crippen LogP contribution is -2.39. The van der Waals surface area contributed by atoms with Crippen LogP contribution in [0.4, 0.5) is 0 Å². The van der Waals surface area contributed by atoms with Crippen LogP contribution in [-0.2, 0) is 4.74 Å². The number of hydrogen-bond acceptors (Lipinski definition) is 1. The number of hydrogen-bond donors (Lipinski definition) is 0. The fourth-order valence-corrected chi connectivity index (χ4v) is 1.65. The minimum Gasteiger partial charge on any atom is -0.376 e. The lowest BCUT2D eigenvalue weighted by atomic mass is 9.70. The van der Waals surface area contributed by atoms with Crippen molar-refractivity contribution in [1.29, 1.82) is 0 Å². The van der Waals surface area contributed by atoms with Crippen LogP contribution < -0.4 is 0 Å². The van der Waals surface area contributed by atoms with Gasteiger partial charge in [0.2, 0.25) is 0 Å². The Balaban J connectivity index is 2.15. The van der Waals surface area contributed by atoms with Gasteiger partial charge in [-0.2, -0.15) is 0 Å². The summed E-state index contributed by atoms with van der Waals surface area (Å²) in [5, 5.41) is 0. The van der Waals surface area contributed by atoms with Crippen LogP contribution in [0.2, 0.25) is 0 Å². The van der Waals surface area contributed by atoms with Crippen molar-refractivity contribution in [3.63, 3.8) is 0 Å². The van der Waals surface area contributed by atoms with Crippen LogP contribution in [0.15, 0.2) is 0 Å². The van der Waals surface area contributed by atoms with Crippen molar-refractivity contribution < 1.29 is 4.74 Å². The Labute approximate surface area is 63.8 Å². The van der Waals surface area contributed by atoms with Crippen LogP contribution in [0.5, 0.6) is 0 Å². The maximum absolute atomic E-state index is 5.62. The summed E-state index contributed by atoms with van der Waals surface area (Å²) < 4.78 is 5.62. The van der Waals surface area contributed by atoms with Crippen LogP contribution >= 0.6 is 0 Å². The van der Waals surface area contributed by atoms with E-state index < -0.39 is 0 Å². The standard InChI is InChI=1S/C9H18O/c1-7(2)10-8-5-9(3,4)6-8/h7-8H,5-6H2,1-4H3.